The van der Waals surface area contributed by atoms with Crippen LogP contribution in [0.5, 0.6) is 5.75 Å². The van der Waals surface area contributed by atoms with Crippen LogP contribution in [0.15, 0.2) is 18.5 Å². The van der Waals surface area contributed by atoms with E-state index < -0.39 is 13.0 Å². The molecule has 38 heavy (non-hydrogen) atoms. The number of aromatic nitrogens is 6. The number of amides is 2. The highest BCUT2D eigenvalue weighted by Crippen LogP contribution is 2.69. The minimum atomic E-state index is -2.56. The minimum Gasteiger partial charge on any atom is -0.491 e. The van der Waals surface area contributed by atoms with Gasteiger partial charge in [-0.1, -0.05) is 0 Å². The van der Waals surface area contributed by atoms with E-state index in [4.69, 9.17) is 10.5 Å². The Hall–Kier alpha value is -3.86. The van der Waals surface area contributed by atoms with E-state index in [1.54, 1.807) is 4.68 Å². The molecular formula is C24H28N9O4P. The predicted molar refractivity (Wildman–Crippen MR) is 139 cm³/mol. The number of ether oxygens (including phenoxy) is 1. The lowest BCUT2D eigenvalue weighted by Crippen LogP contribution is -2.20. The predicted octanol–water partition coefficient (Wildman–Crippen LogP) is 2.18. The molecule has 3 aliphatic carbocycles. The SMILES string of the molecule is COc1c(Nc2cc(NC(=O)C3CC3)nnc2C(N)=O)ncnc1-c1cc(P(=O)(C2CC2)C2CC2)n(C)n1. The van der Waals surface area contributed by atoms with E-state index in [2.05, 4.69) is 35.9 Å². The first-order valence-corrected chi connectivity index (χ1v) is 14.4. The zero-order valence-corrected chi connectivity index (χ0v) is 21.9. The summed E-state index contributed by atoms with van der Waals surface area (Å²) in [7, 11) is 0.719. The Morgan fingerprint density at radius 1 is 1.08 bits per heavy atom. The van der Waals surface area contributed by atoms with Crippen LogP contribution in [0.1, 0.15) is 49.0 Å². The number of hydrogen-bond donors (Lipinski definition) is 3. The number of hydrogen-bond acceptors (Lipinski definition) is 10. The molecule has 0 atom stereocenters. The molecule has 3 aromatic heterocycles. The lowest BCUT2D eigenvalue weighted by atomic mass is 10.2. The largest absolute Gasteiger partial charge is 0.491 e. The van der Waals surface area contributed by atoms with Crippen molar-refractivity contribution in [3.05, 3.63) is 24.2 Å². The van der Waals surface area contributed by atoms with Gasteiger partial charge in [-0.15, -0.1) is 10.2 Å². The number of carbonyl (C=O) groups is 2. The van der Waals surface area contributed by atoms with Crippen LogP contribution in [0.3, 0.4) is 0 Å². The number of primary amides is 1. The monoisotopic (exact) mass is 537 g/mol. The molecule has 0 radical (unpaired) electrons. The Balaban J connectivity index is 1.35. The fourth-order valence-electron chi connectivity index (χ4n) is 4.76. The number of anilines is 3. The number of nitrogens with two attached hydrogens (primary N) is 1. The third-order valence-electron chi connectivity index (χ3n) is 7.12. The normalized spacial score (nSPS) is 17.2. The third kappa shape index (κ3) is 4.40. The minimum absolute atomic E-state index is 0.0352. The Kier molecular flexibility index (Phi) is 5.90. The van der Waals surface area contributed by atoms with Crippen LogP contribution in [0.25, 0.3) is 11.4 Å². The van der Waals surface area contributed by atoms with Gasteiger partial charge >= 0.3 is 0 Å². The van der Waals surface area contributed by atoms with Gasteiger partial charge in [-0.2, -0.15) is 5.10 Å². The summed E-state index contributed by atoms with van der Waals surface area (Å²) < 4.78 is 21.5. The molecule has 0 spiro atoms. The molecule has 4 N–H and O–H groups in total. The topological polar surface area (TPSA) is 180 Å². The maximum atomic E-state index is 14.1. The van der Waals surface area contributed by atoms with Crippen molar-refractivity contribution in [2.45, 2.75) is 49.8 Å². The molecule has 0 bridgehead atoms. The quantitative estimate of drug-likeness (QED) is 0.324. The Morgan fingerprint density at radius 3 is 2.39 bits per heavy atom. The van der Waals surface area contributed by atoms with Gasteiger partial charge in [0.25, 0.3) is 5.91 Å². The molecule has 3 fully saturated rings. The summed E-state index contributed by atoms with van der Waals surface area (Å²) in [6.07, 6.45) is 6.96. The molecule has 2 amide bonds. The van der Waals surface area contributed by atoms with Crippen molar-refractivity contribution in [2.75, 3.05) is 17.7 Å². The molecule has 0 aromatic carbocycles. The maximum Gasteiger partial charge on any atom is 0.271 e. The second kappa shape index (κ2) is 9.16. The molecule has 3 saturated carbocycles. The van der Waals surface area contributed by atoms with Gasteiger partial charge in [-0.3, -0.25) is 14.3 Å². The molecule has 3 aliphatic rings. The molecule has 0 aliphatic heterocycles. The van der Waals surface area contributed by atoms with Crippen LogP contribution in [0, 0.1) is 5.92 Å². The van der Waals surface area contributed by atoms with E-state index in [1.165, 1.54) is 19.5 Å². The fourth-order valence-corrected chi connectivity index (χ4v) is 8.76. The highest BCUT2D eigenvalue weighted by molar-refractivity contribution is 7.73. The summed E-state index contributed by atoms with van der Waals surface area (Å²) in [6.45, 7) is 0. The smallest absolute Gasteiger partial charge is 0.271 e. The molecule has 3 aromatic rings. The molecule has 0 unspecified atom stereocenters. The van der Waals surface area contributed by atoms with Crippen LogP contribution in [0.4, 0.5) is 17.3 Å². The van der Waals surface area contributed by atoms with E-state index in [1.807, 2.05) is 13.1 Å². The number of carbonyl (C=O) groups excluding carboxylic acids is 2. The molecule has 6 rings (SSSR count). The van der Waals surface area contributed by atoms with E-state index >= 15 is 0 Å². The van der Waals surface area contributed by atoms with E-state index in [9.17, 15) is 14.2 Å². The van der Waals surface area contributed by atoms with Crippen molar-refractivity contribution < 1.29 is 18.9 Å². The molecule has 3 heterocycles. The number of aryl methyl sites for hydroxylation is 1. The Bertz CT molecular complexity index is 1480. The zero-order chi connectivity index (χ0) is 26.6. The number of nitrogens with zero attached hydrogens (tertiary/aromatic N) is 6. The standard InChI is InChI=1S/C24H28N9O4P/c1-33-18(38(36,13-5-6-13)14-7-8-14)10-16(32-33)19-21(37-2)23(27-11-26-19)28-15-9-17(29-24(35)12-3-4-12)30-31-20(15)22(25)34/h9-14H,3-8H2,1-2H3,(H2,25,34)(H2,26,27,28,29,30,35). The maximum absolute atomic E-state index is 14.1. The van der Waals surface area contributed by atoms with Crippen LogP contribution in [0.2, 0.25) is 0 Å². The van der Waals surface area contributed by atoms with Crippen molar-refractivity contribution in [3.8, 4) is 17.1 Å². The summed E-state index contributed by atoms with van der Waals surface area (Å²) in [5.41, 5.74) is 7.72. The fraction of sp³-hybridized carbons (Fsp3) is 0.458. The van der Waals surface area contributed by atoms with Crippen molar-refractivity contribution >= 4 is 41.7 Å². The number of methoxy groups -OCH3 is 1. The van der Waals surface area contributed by atoms with E-state index in [0.717, 1.165) is 44.0 Å². The summed E-state index contributed by atoms with van der Waals surface area (Å²) in [6, 6.07) is 3.31. The van der Waals surface area contributed by atoms with Gasteiger partial charge in [0.1, 0.15) is 24.9 Å². The molecule has 14 heteroatoms. The summed E-state index contributed by atoms with van der Waals surface area (Å²) in [5, 5.41) is 18.2. The Labute approximate surface area is 218 Å². The van der Waals surface area contributed by atoms with E-state index in [0.29, 0.717) is 11.4 Å². The van der Waals surface area contributed by atoms with Gasteiger partial charge in [0, 0.05) is 30.3 Å². The third-order valence-corrected chi connectivity index (χ3v) is 11.5. The second-order valence-electron chi connectivity index (χ2n) is 10.0. The van der Waals surface area contributed by atoms with E-state index in [-0.39, 0.29) is 51.9 Å². The average Bonchev–Trinajstić information content (AvgIpc) is 3.76. The van der Waals surface area contributed by atoms with Crippen LogP contribution < -0.4 is 26.5 Å². The lowest BCUT2D eigenvalue weighted by molar-refractivity contribution is -0.117. The average molecular weight is 538 g/mol. The number of rotatable bonds is 10. The van der Waals surface area contributed by atoms with Crippen LogP contribution in [-0.2, 0) is 16.4 Å². The first-order valence-electron chi connectivity index (χ1n) is 12.6. The molecule has 198 valence electrons. The zero-order valence-electron chi connectivity index (χ0n) is 21.0. The van der Waals surface area contributed by atoms with Crippen LogP contribution in [-0.4, -0.2) is 60.2 Å². The van der Waals surface area contributed by atoms with Crippen molar-refractivity contribution in [1.29, 1.82) is 0 Å². The van der Waals surface area contributed by atoms with Gasteiger partial charge in [0.2, 0.25) is 5.91 Å². The van der Waals surface area contributed by atoms with Gasteiger partial charge in [-0.25, -0.2) is 9.97 Å². The van der Waals surface area contributed by atoms with Crippen LogP contribution >= 0.6 is 7.14 Å². The molecular weight excluding hydrogens is 509 g/mol. The lowest BCUT2D eigenvalue weighted by Gasteiger charge is -2.17. The second-order valence-corrected chi connectivity index (χ2v) is 13.4. The first-order chi connectivity index (χ1) is 18.3. The molecule has 13 nitrogen and oxygen atoms in total. The van der Waals surface area contributed by atoms with Crippen molar-refractivity contribution in [3.63, 3.8) is 0 Å². The van der Waals surface area contributed by atoms with Gasteiger partial charge in [-0.05, 0) is 44.6 Å². The van der Waals surface area contributed by atoms with Crippen molar-refractivity contribution in [2.24, 2.45) is 18.7 Å². The Morgan fingerprint density at radius 2 is 1.79 bits per heavy atom. The van der Waals surface area contributed by atoms with Gasteiger partial charge in [0.05, 0.1) is 18.2 Å². The molecule has 0 saturated heterocycles. The van der Waals surface area contributed by atoms with Gasteiger partial charge in [0.15, 0.2) is 23.1 Å². The number of nitrogens with one attached hydrogen (secondary N) is 2. The summed E-state index contributed by atoms with van der Waals surface area (Å²) >= 11 is 0. The summed E-state index contributed by atoms with van der Waals surface area (Å²) in [5.74, 6) is -0.328. The highest BCUT2D eigenvalue weighted by Gasteiger charge is 2.53. The highest BCUT2D eigenvalue weighted by atomic mass is 31.2. The van der Waals surface area contributed by atoms with Crippen molar-refractivity contribution in [1.82, 2.24) is 29.9 Å². The first kappa shape index (κ1) is 24.5. The van der Waals surface area contributed by atoms with Gasteiger partial charge < -0.3 is 25.7 Å². The summed E-state index contributed by atoms with van der Waals surface area (Å²) in [4.78, 5) is 32.9.